The monoisotopic (exact) mass is 346 g/mol. The second-order valence-corrected chi connectivity index (χ2v) is 5.91. The lowest BCUT2D eigenvalue weighted by Gasteiger charge is -2.35. The van der Waals surface area contributed by atoms with Crippen LogP contribution in [0.15, 0.2) is 42.6 Å². The Kier molecular flexibility index (Phi) is 5.55. The molecule has 0 unspecified atom stereocenters. The number of pyridine rings is 1. The predicted molar refractivity (Wildman–Crippen MR) is 92.5 cm³/mol. The van der Waals surface area contributed by atoms with E-state index in [1.165, 1.54) is 6.07 Å². The van der Waals surface area contributed by atoms with Crippen molar-refractivity contribution >= 4 is 17.4 Å². The molecule has 3 rings (SSSR count). The van der Waals surface area contributed by atoms with Gasteiger partial charge in [-0.3, -0.25) is 9.69 Å². The molecule has 1 saturated heterocycles. The van der Waals surface area contributed by atoms with E-state index in [2.05, 4.69) is 20.1 Å². The number of halogens is 2. The standard InChI is InChI=1S/C18H20F2N4O/c19-14-4-3-5-15(20)18(14)22-17(25)7-9-23-10-12-24(13-11-23)16-6-1-2-8-21-16/h1-6,8H,7,9-13H2,(H,22,25). The molecule has 132 valence electrons. The number of aromatic nitrogens is 1. The van der Waals surface area contributed by atoms with Crippen LogP contribution >= 0.6 is 0 Å². The summed E-state index contributed by atoms with van der Waals surface area (Å²) in [5, 5.41) is 2.32. The minimum atomic E-state index is -0.766. The van der Waals surface area contributed by atoms with E-state index < -0.39 is 17.5 Å². The molecule has 0 spiro atoms. The van der Waals surface area contributed by atoms with Crippen LogP contribution in [0.2, 0.25) is 0 Å². The van der Waals surface area contributed by atoms with Crippen molar-refractivity contribution < 1.29 is 13.6 Å². The van der Waals surface area contributed by atoms with E-state index in [9.17, 15) is 13.6 Å². The fraction of sp³-hybridized carbons (Fsp3) is 0.333. The summed E-state index contributed by atoms with van der Waals surface area (Å²) in [6.45, 7) is 3.86. The third-order valence-electron chi connectivity index (χ3n) is 4.23. The topological polar surface area (TPSA) is 48.5 Å². The first-order chi connectivity index (χ1) is 12.1. The zero-order chi connectivity index (χ0) is 17.6. The van der Waals surface area contributed by atoms with E-state index >= 15 is 0 Å². The number of para-hydroxylation sites is 1. The Morgan fingerprint density at radius 2 is 1.76 bits per heavy atom. The number of rotatable bonds is 5. The van der Waals surface area contributed by atoms with Crippen molar-refractivity contribution in [2.75, 3.05) is 42.9 Å². The minimum absolute atomic E-state index is 0.192. The molecule has 1 amide bonds. The average Bonchev–Trinajstić information content (AvgIpc) is 2.64. The largest absolute Gasteiger partial charge is 0.354 e. The van der Waals surface area contributed by atoms with Crippen molar-refractivity contribution in [3.63, 3.8) is 0 Å². The maximum atomic E-state index is 13.5. The Hall–Kier alpha value is -2.54. The highest BCUT2D eigenvalue weighted by Crippen LogP contribution is 2.18. The van der Waals surface area contributed by atoms with Gasteiger partial charge in [0.05, 0.1) is 0 Å². The van der Waals surface area contributed by atoms with Crippen molar-refractivity contribution in [1.82, 2.24) is 9.88 Å². The third kappa shape index (κ3) is 4.51. The summed E-state index contributed by atoms with van der Waals surface area (Å²) in [5.41, 5.74) is -0.382. The van der Waals surface area contributed by atoms with Crippen molar-refractivity contribution in [1.29, 1.82) is 0 Å². The van der Waals surface area contributed by atoms with Crippen LogP contribution in [-0.2, 0) is 4.79 Å². The van der Waals surface area contributed by atoms with Gasteiger partial charge in [-0.2, -0.15) is 0 Å². The minimum Gasteiger partial charge on any atom is -0.354 e. The Balaban J connectivity index is 1.45. The zero-order valence-electron chi connectivity index (χ0n) is 13.8. The average molecular weight is 346 g/mol. The number of piperazine rings is 1. The summed E-state index contributed by atoms with van der Waals surface area (Å²) in [4.78, 5) is 20.7. The quantitative estimate of drug-likeness (QED) is 0.904. The van der Waals surface area contributed by atoms with Crippen LogP contribution in [0.1, 0.15) is 6.42 Å². The van der Waals surface area contributed by atoms with Crippen LogP contribution in [0.25, 0.3) is 0 Å². The van der Waals surface area contributed by atoms with E-state index in [0.29, 0.717) is 6.54 Å². The number of amides is 1. The van der Waals surface area contributed by atoms with E-state index in [1.54, 1.807) is 6.20 Å². The molecule has 7 heteroatoms. The fourth-order valence-electron chi connectivity index (χ4n) is 2.82. The van der Waals surface area contributed by atoms with Gasteiger partial charge in [0.25, 0.3) is 0 Å². The van der Waals surface area contributed by atoms with E-state index in [-0.39, 0.29) is 12.1 Å². The van der Waals surface area contributed by atoms with Crippen LogP contribution in [-0.4, -0.2) is 48.5 Å². The molecule has 1 aromatic heterocycles. The lowest BCUT2D eigenvalue weighted by Crippen LogP contribution is -2.47. The van der Waals surface area contributed by atoms with E-state index in [1.807, 2.05) is 18.2 Å². The van der Waals surface area contributed by atoms with Gasteiger partial charge in [-0.25, -0.2) is 13.8 Å². The Bertz CT molecular complexity index is 698. The molecule has 0 saturated carbocycles. The Morgan fingerprint density at radius 3 is 2.40 bits per heavy atom. The molecule has 1 N–H and O–H groups in total. The third-order valence-corrected chi connectivity index (χ3v) is 4.23. The number of hydrogen-bond donors (Lipinski definition) is 1. The Labute approximate surface area is 145 Å². The number of hydrogen-bond acceptors (Lipinski definition) is 4. The molecule has 0 bridgehead atoms. The molecule has 25 heavy (non-hydrogen) atoms. The Morgan fingerprint density at radius 1 is 1.04 bits per heavy atom. The summed E-state index contributed by atoms with van der Waals surface area (Å²) in [5.74, 6) is -0.972. The van der Waals surface area contributed by atoms with Crippen molar-refractivity contribution in [3.05, 3.63) is 54.2 Å². The number of nitrogens with one attached hydrogen (secondary N) is 1. The molecule has 0 atom stereocenters. The van der Waals surface area contributed by atoms with Gasteiger partial charge in [0.1, 0.15) is 23.1 Å². The lowest BCUT2D eigenvalue weighted by atomic mass is 10.2. The molecule has 5 nitrogen and oxygen atoms in total. The number of carbonyl (C=O) groups excluding carboxylic acids is 1. The van der Waals surface area contributed by atoms with Crippen LogP contribution in [0, 0.1) is 11.6 Å². The predicted octanol–water partition coefficient (Wildman–Crippen LogP) is 2.51. The van der Waals surface area contributed by atoms with Crippen LogP contribution in [0.5, 0.6) is 0 Å². The van der Waals surface area contributed by atoms with Crippen molar-refractivity contribution in [2.45, 2.75) is 6.42 Å². The SMILES string of the molecule is O=C(CCN1CCN(c2ccccn2)CC1)Nc1c(F)cccc1F. The summed E-state index contributed by atoms with van der Waals surface area (Å²) < 4.78 is 27.1. The van der Waals surface area contributed by atoms with Gasteiger partial charge < -0.3 is 10.2 Å². The van der Waals surface area contributed by atoms with Gasteiger partial charge in [0.15, 0.2) is 0 Å². The number of benzene rings is 1. The van der Waals surface area contributed by atoms with E-state index in [0.717, 1.165) is 44.1 Å². The van der Waals surface area contributed by atoms with Gasteiger partial charge in [-0.15, -0.1) is 0 Å². The molecule has 1 aromatic carbocycles. The molecule has 0 aliphatic carbocycles. The van der Waals surface area contributed by atoms with Gasteiger partial charge in [-0.1, -0.05) is 12.1 Å². The molecule has 1 fully saturated rings. The van der Waals surface area contributed by atoms with Crippen LogP contribution in [0.3, 0.4) is 0 Å². The molecular weight excluding hydrogens is 326 g/mol. The van der Waals surface area contributed by atoms with Crippen LogP contribution < -0.4 is 10.2 Å². The summed E-state index contributed by atoms with van der Waals surface area (Å²) in [6, 6.07) is 9.33. The summed E-state index contributed by atoms with van der Waals surface area (Å²) >= 11 is 0. The highest BCUT2D eigenvalue weighted by Gasteiger charge is 2.19. The van der Waals surface area contributed by atoms with Gasteiger partial charge in [-0.05, 0) is 24.3 Å². The maximum absolute atomic E-state index is 13.5. The van der Waals surface area contributed by atoms with Gasteiger partial charge in [0.2, 0.25) is 5.91 Å². The highest BCUT2D eigenvalue weighted by atomic mass is 19.1. The van der Waals surface area contributed by atoms with Gasteiger partial charge in [0, 0.05) is 45.3 Å². The molecule has 1 aliphatic heterocycles. The first kappa shape index (κ1) is 17.3. The van der Waals surface area contributed by atoms with Crippen LogP contribution in [0.4, 0.5) is 20.3 Å². The number of anilines is 2. The summed E-state index contributed by atoms with van der Waals surface area (Å²) in [6.07, 6.45) is 1.96. The maximum Gasteiger partial charge on any atom is 0.225 e. The second-order valence-electron chi connectivity index (χ2n) is 5.91. The fourth-order valence-corrected chi connectivity index (χ4v) is 2.82. The van der Waals surface area contributed by atoms with Crippen molar-refractivity contribution in [2.24, 2.45) is 0 Å². The normalized spacial score (nSPS) is 15.2. The summed E-state index contributed by atoms with van der Waals surface area (Å²) in [7, 11) is 0. The first-order valence-electron chi connectivity index (χ1n) is 8.25. The highest BCUT2D eigenvalue weighted by molar-refractivity contribution is 5.91. The van der Waals surface area contributed by atoms with Crippen molar-refractivity contribution in [3.8, 4) is 0 Å². The molecule has 2 heterocycles. The number of nitrogens with zero attached hydrogens (tertiary/aromatic N) is 3. The molecular formula is C18H20F2N4O. The first-order valence-corrected chi connectivity index (χ1v) is 8.25. The lowest BCUT2D eigenvalue weighted by molar-refractivity contribution is -0.116. The molecule has 2 aromatic rings. The second kappa shape index (κ2) is 8.02. The zero-order valence-corrected chi connectivity index (χ0v) is 13.8. The van der Waals surface area contributed by atoms with Gasteiger partial charge >= 0.3 is 0 Å². The molecule has 1 aliphatic rings. The van der Waals surface area contributed by atoms with E-state index in [4.69, 9.17) is 0 Å². The molecule has 0 radical (unpaired) electrons. The smallest absolute Gasteiger partial charge is 0.225 e. The number of carbonyl (C=O) groups is 1.